The maximum Gasteiger partial charge on any atom is 0.236 e. The van der Waals surface area contributed by atoms with Gasteiger partial charge in [-0.25, -0.2) is 9.97 Å². The van der Waals surface area contributed by atoms with E-state index < -0.39 is 0 Å². The molecule has 2 fully saturated rings. The van der Waals surface area contributed by atoms with Crippen LogP contribution in [0.15, 0.2) is 36.7 Å². The number of amides is 1. The van der Waals surface area contributed by atoms with Crippen LogP contribution < -0.4 is 10.1 Å². The van der Waals surface area contributed by atoms with E-state index in [0.29, 0.717) is 19.1 Å². The molecule has 1 saturated heterocycles. The zero-order valence-electron chi connectivity index (χ0n) is 17.5. The first kappa shape index (κ1) is 18.6. The van der Waals surface area contributed by atoms with E-state index in [1.165, 1.54) is 18.5 Å². The van der Waals surface area contributed by atoms with Crippen LogP contribution in [-0.2, 0) is 4.79 Å². The molecule has 2 atom stereocenters. The lowest BCUT2D eigenvalue weighted by atomic mass is 9.94. The monoisotopic (exact) mass is 418 g/mol. The van der Waals surface area contributed by atoms with Crippen LogP contribution in [0.25, 0.3) is 11.0 Å². The van der Waals surface area contributed by atoms with Crippen LogP contribution in [0.2, 0.25) is 0 Å². The highest BCUT2D eigenvalue weighted by atomic mass is 16.5. The van der Waals surface area contributed by atoms with Crippen molar-refractivity contribution in [3.63, 3.8) is 0 Å². The highest BCUT2D eigenvalue weighted by Gasteiger charge is 2.38. The molecule has 2 aliphatic heterocycles. The van der Waals surface area contributed by atoms with Crippen molar-refractivity contribution in [2.24, 2.45) is 0 Å². The fourth-order valence-electron chi connectivity index (χ4n) is 4.73. The first-order chi connectivity index (χ1) is 15.2. The van der Waals surface area contributed by atoms with Crippen LogP contribution in [-0.4, -0.2) is 70.0 Å². The van der Waals surface area contributed by atoms with Gasteiger partial charge in [0.05, 0.1) is 24.0 Å². The van der Waals surface area contributed by atoms with E-state index in [0.717, 1.165) is 41.3 Å². The molecular weight excluding hydrogens is 392 g/mol. The van der Waals surface area contributed by atoms with Gasteiger partial charge in [-0.15, -0.1) is 0 Å². The van der Waals surface area contributed by atoms with Crippen molar-refractivity contribution < 1.29 is 9.53 Å². The summed E-state index contributed by atoms with van der Waals surface area (Å²) in [7, 11) is 1.86. The summed E-state index contributed by atoms with van der Waals surface area (Å²) in [5, 5.41) is 4.72. The number of benzene rings is 1. The number of aromatic nitrogens is 3. The summed E-state index contributed by atoms with van der Waals surface area (Å²) in [6, 6.07) is 10.3. The Hall–Kier alpha value is -3.13. The van der Waals surface area contributed by atoms with E-state index in [2.05, 4.69) is 37.3 Å². The fourth-order valence-corrected chi connectivity index (χ4v) is 4.73. The zero-order chi connectivity index (χ0) is 20.9. The summed E-state index contributed by atoms with van der Waals surface area (Å²) in [6.07, 6.45) is 4.07. The molecule has 3 aromatic rings. The van der Waals surface area contributed by atoms with E-state index in [9.17, 15) is 4.79 Å². The Balaban J connectivity index is 1.37. The van der Waals surface area contributed by atoms with Gasteiger partial charge in [0.25, 0.3) is 0 Å². The van der Waals surface area contributed by atoms with Crippen LogP contribution in [0.3, 0.4) is 0 Å². The number of fused-ring (bicyclic) bond motifs is 2. The molecule has 1 aromatic carbocycles. The number of likely N-dealkylation sites (N-methyl/N-ethyl adjacent to an activating group) is 1. The molecule has 6 rings (SSSR count). The highest BCUT2D eigenvalue weighted by Crippen LogP contribution is 2.42. The quantitative estimate of drug-likeness (QED) is 0.677. The molecule has 8 nitrogen and oxygen atoms in total. The van der Waals surface area contributed by atoms with Crippen LogP contribution >= 0.6 is 0 Å². The van der Waals surface area contributed by atoms with Gasteiger partial charge in [-0.3, -0.25) is 9.69 Å². The van der Waals surface area contributed by atoms with E-state index in [1.54, 1.807) is 11.2 Å². The minimum Gasteiger partial charge on any atom is -0.491 e. The van der Waals surface area contributed by atoms with Crippen molar-refractivity contribution in [2.45, 2.75) is 30.8 Å². The van der Waals surface area contributed by atoms with Crippen molar-refractivity contribution in [3.05, 3.63) is 47.9 Å². The van der Waals surface area contributed by atoms with E-state index >= 15 is 0 Å². The van der Waals surface area contributed by atoms with E-state index in [-0.39, 0.29) is 18.0 Å². The topological polar surface area (TPSA) is 86.4 Å². The average molecular weight is 419 g/mol. The third-order valence-corrected chi connectivity index (χ3v) is 6.76. The van der Waals surface area contributed by atoms with Crippen molar-refractivity contribution in [3.8, 4) is 5.75 Å². The van der Waals surface area contributed by atoms with Crippen LogP contribution in [0.4, 0.5) is 5.82 Å². The molecule has 0 spiro atoms. The third kappa shape index (κ3) is 3.31. The summed E-state index contributed by atoms with van der Waals surface area (Å²) >= 11 is 0. The number of aromatic amines is 1. The van der Waals surface area contributed by atoms with Crippen LogP contribution in [0.5, 0.6) is 5.75 Å². The number of hydrogen-bond donors (Lipinski definition) is 2. The molecule has 4 heterocycles. The Morgan fingerprint density at radius 1 is 1.19 bits per heavy atom. The Kier molecular flexibility index (Phi) is 4.34. The predicted octanol–water partition coefficient (Wildman–Crippen LogP) is 2.52. The van der Waals surface area contributed by atoms with Gasteiger partial charge in [-0.1, -0.05) is 18.2 Å². The maximum atomic E-state index is 12.4. The summed E-state index contributed by atoms with van der Waals surface area (Å²) in [5.74, 6) is 2.47. The highest BCUT2D eigenvalue weighted by molar-refractivity contribution is 5.88. The number of nitrogens with zero attached hydrogens (tertiary/aromatic N) is 4. The first-order valence-corrected chi connectivity index (χ1v) is 11.0. The molecule has 31 heavy (non-hydrogen) atoms. The molecule has 2 aromatic heterocycles. The SMILES string of the molecule is CN1CCN(C2COc3ccccc3C2Nc2ncnc3[nH]c(C4CC4)cc23)CC1=O. The Morgan fingerprint density at radius 3 is 2.90 bits per heavy atom. The minimum atomic E-state index is -0.0430. The summed E-state index contributed by atoms with van der Waals surface area (Å²) in [6.45, 7) is 2.48. The third-order valence-electron chi connectivity index (χ3n) is 6.76. The maximum absolute atomic E-state index is 12.4. The van der Waals surface area contributed by atoms with Gasteiger partial charge in [-0.05, 0) is 30.9 Å². The van der Waals surface area contributed by atoms with Crippen molar-refractivity contribution in [2.75, 3.05) is 38.6 Å². The largest absolute Gasteiger partial charge is 0.491 e. The van der Waals surface area contributed by atoms with Crippen molar-refractivity contribution >= 4 is 22.8 Å². The molecular formula is C23H26N6O2. The molecule has 1 saturated carbocycles. The van der Waals surface area contributed by atoms with E-state index in [4.69, 9.17) is 4.74 Å². The second-order valence-corrected chi connectivity index (χ2v) is 8.81. The number of ether oxygens (including phenoxy) is 1. The molecule has 1 aliphatic carbocycles. The van der Waals surface area contributed by atoms with Gasteiger partial charge >= 0.3 is 0 Å². The second kappa shape index (κ2) is 7.23. The molecule has 160 valence electrons. The first-order valence-electron chi connectivity index (χ1n) is 11.0. The number of para-hydroxylation sites is 1. The fraction of sp³-hybridized carbons (Fsp3) is 0.435. The lowest BCUT2D eigenvalue weighted by molar-refractivity contribution is -0.136. The minimum absolute atomic E-state index is 0.0272. The number of piperazine rings is 1. The standard InChI is InChI=1S/C23H26N6O2/c1-28-8-9-29(11-20(28)30)18-12-31-19-5-3-2-4-15(19)21(18)27-23-16-10-17(14-6-7-14)26-22(16)24-13-25-23/h2-5,10,13-14,18,21H,6-9,11-12H2,1H3,(H2,24,25,26,27). The van der Waals surface area contributed by atoms with Crippen LogP contribution in [0, 0.1) is 0 Å². The second-order valence-electron chi connectivity index (χ2n) is 8.81. The summed E-state index contributed by atoms with van der Waals surface area (Å²) < 4.78 is 6.11. The van der Waals surface area contributed by atoms with E-state index in [1.807, 2.05) is 25.2 Å². The zero-order valence-corrected chi connectivity index (χ0v) is 17.5. The van der Waals surface area contributed by atoms with Gasteiger partial charge in [0.1, 0.15) is 30.1 Å². The normalized spacial score (nSPS) is 24.2. The molecule has 2 N–H and O–H groups in total. The van der Waals surface area contributed by atoms with Crippen LogP contribution in [0.1, 0.15) is 36.1 Å². The number of anilines is 1. The number of H-pyrrole nitrogens is 1. The van der Waals surface area contributed by atoms with Gasteiger partial charge in [-0.2, -0.15) is 0 Å². The molecule has 3 aliphatic rings. The predicted molar refractivity (Wildman–Crippen MR) is 117 cm³/mol. The summed E-state index contributed by atoms with van der Waals surface area (Å²) in [4.78, 5) is 28.9. The Labute approximate surface area is 180 Å². The number of carbonyl (C=O) groups is 1. The van der Waals surface area contributed by atoms with Crippen molar-refractivity contribution in [1.82, 2.24) is 24.8 Å². The smallest absolute Gasteiger partial charge is 0.236 e. The van der Waals surface area contributed by atoms with Crippen molar-refractivity contribution in [1.29, 1.82) is 0 Å². The number of hydrogen-bond acceptors (Lipinski definition) is 6. The Bertz CT molecular complexity index is 1140. The molecule has 0 bridgehead atoms. The lowest BCUT2D eigenvalue weighted by Gasteiger charge is -2.43. The summed E-state index contributed by atoms with van der Waals surface area (Å²) in [5.41, 5.74) is 3.20. The molecule has 8 heteroatoms. The Morgan fingerprint density at radius 2 is 2.06 bits per heavy atom. The van der Waals surface area contributed by atoms with Gasteiger partial charge < -0.3 is 19.9 Å². The molecule has 2 unspecified atom stereocenters. The average Bonchev–Trinajstić information content (AvgIpc) is 3.55. The van der Waals surface area contributed by atoms with Gasteiger partial charge in [0.2, 0.25) is 5.91 Å². The number of rotatable bonds is 4. The van der Waals surface area contributed by atoms with Gasteiger partial charge in [0, 0.05) is 31.4 Å². The van der Waals surface area contributed by atoms with Gasteiger partial charge in [0.15, 0.2) is 0 Å². The molecule has 0 radical (unpaired) electrons. The number of carbonyl (C=O) groups excluding carboxylic acids is 1. The lowest BCUT2D eigenvalue weighted by Crippen LogP contribution is -2.57. The number of nitrogens with one attached hydrogen (secondary N) is 2. The molecule has 1 amide bonds.